The summed E-state index contributed by atoms with van der Waals surface area (Å²) in [6, 6.07) is 36.1. The fraction of sp³-hybridized carbons (Fsp3) is 0.103. The van der Waals surface area contributed by atoms with Gasteiger partial charge >= 0.3 is 0 Å². The van der Waals surface area contributed by atoms with Crippen molar-refractivity contribution in [3.05, 3.63) is 125 Å². The molecule has 0 bridgehead atoms. The quantitative estimate of drug-likeness (QED) is 0.313. The largest absolute Gasteiger partial charge is 0.310 e. The average molecular weight is 386 g/mol. The second-order valence-electron chi connectivity index (χ2n) is 8.16. The summed E-state index contributed by atoms with van der Waals surface area (Å²) in [5, 5.41) is 0. The van der Waals surface area contributed by atoms with Crippen LogP contribution in [0.3, 0.4) is 0 Å². The van der Waals surface area contributed by atoms with Crippen LogP contribution in [0.15, 0.2) is 103 Å². The lowest BCUT2D eigenvalue weighted by Gasteiger charge is -2.42. The summed E-state index contributed by atoms with van der Waals surface area (Å²) in [4.78, 5) is 2.37. The Balaban J connectivity index is 1.57. The highest BCUT2D eigenvalue weighted by atomic mass is 15.2. The van der Waals surface area contributed by atoms with Crippen LogP contribution in [0.4, 0.5) is 17.1 Å². The maximum Gasteiger partial charge on any atom is 0.0502 e. The van der Waals surface area contributed by atoms with Gasteiger partial charge in [0.15, 0.2) is 0 Å². The molecule has 0 fully saturated rings. The van der Waals surface area contributed by atoms with Crippen molar-refractivity contribution >= 4 is 17.1 Å². The Hall–Kier alpha value is -3.76. The number of nitrogens with zero attached hydrogens (tertiary/aromatic N) is 1. The molecule has 0 radical (unpaired) electrons. The van der Waals surface area contributed by atoms with Gasteiger partial charge in [-0.05, 0) is 59.7 Å². The van der Waals surface area contributed by atoms with E-state index >= 15 is 0 Å². The zero-order valence-corrected chi connectivity index (χ0v) is 17.3. The fourth-order valence-corrected chi connectivity index (χ4v) is 4.31. The minimum Gasteiger partial charge on any atom is -0.310 e. The lowest BCUT2D eigenvalue weighted by Crippen LogP contribution is -2.30. The smallest absolute Gasteiger partial charge is 0.0502 e. The van der Waals surface area contributed by atoms with Gasteiger partial charge in [-0.2, -0.15) is 0 Å². The predicted molar refractivity (Wildman–Crippen MR) is 126 cm³/mol. The van der Waals surface area contributed by atoms with Crippen LogP contribution < -0.4 is 4.90 Å². The third-order valence-electron chi connectivity index (χ3n) is 5.89. The molecule has 0 amide bonds. The SMILES string of the molecule is CC1(C)c2ccccc2N(c2ccc(C#Cc3ccccc3)cc2)c2ccccc21. The number of hydrogen-bond donors (Lipinski definition) is 0. The summed E-state index contributed by atoms with van der Waals surface area (Å²) >= 11 is 0. The van der Waals surface area contributed by atoms with Crippen molar-refractivity contribution in [2.45, 2.75) is 19.3 Å². The lowest BCUT2D eigenvalue weighted by molar-refractivity contribution is 0.632. The van der Waals surface area contributed by atoms with E-state index < -0.39 is 0 Å². The highest BCUT2D eigenvalue weighted by Crippen LogP contribution is 2.51. The summed E-state index contributed by atoms with van der Waals surface area (Å²) in [6.45, 7) is 4.62. The summed E-state index contributed by atoms with van der Waals surface area (Å²) in [6.07, 6.45) is 0. The van der Waals surface area contributed by atoms with E-state index in [0.717, 1.165) is 16.8 Å². The van der Waals surface area contributed by atoms with Crippen LogP contribution in [0.2, 0.25) is 0 Å². The number of para-hydroxylation sites is 2. The van der Waals surface area contributed by atoms with Crippen molar-refractivity contribution in [2.24, 2.45) is 0 Å². The van der Waals surface area contributed by atoms with Crippen molar-refractivity contribution in [1.29, 1.82) is 0 Å². The second kappa shape index (κ2) is 7.25. The van der Waals surface area contributed by atoms with E-state index in [1.165, 1.54) is 22.5 Å². The third kappa shape index (κ3) is 3.08. The highest BCUT2D eigenvalue weighted by molar-refractivity contribution is 5.85. The topological polar surface area (TPSA) is 3.24 Å². The summed E-state index contributed by atoms with van der Waals surface area (Å²) < 4.78 is 0. The van der Waals surface area contributed by atoms with Gasteiger partial charge in [0, 0.05) is 22.2 Å². The van der Waals surface area contributed by atoms with Crippen LogP contribution in [0.1, 0.15) is 36.1 Å². The molecule has 1 heterocycles. The number of fused-ring (bicyclic) bond motifs is 2. The monoisotopic (exact) mass is 385 g/mol. The van der Waals surface area contributed by atoms with Crippen molar-refractivity contribution in [3.63, 3.8) is 0 Å². The molecule has 4 aromatic rings. The molecular weight excluding hydrogens is 362 g/mol. The molecule has 0 aromatic heterocycles. The van der Waals surface area contributed by atoms with Crippen LogP contribution in [0.25, 0.3) is 0 Å². The number of hydrogen-bond acceptors (Lipinski definition) is 1. The van der Waals surface area contributed by atoms with Crippen molar-refractivity contribution in [3.8, 4) is 11.8 Å². The first-order chi connectivity index (χ1) is 14.6. The molecule has 1 nitrogen and oxygen atoms in total. The van der Waals surface area contributed by atoms with Crippen molar-refractivity contribution in [2.75, 3.05) is 4.90 Å². The Morgan fingerprint density at radius 3 is 1.57 bits per heavy atom. The van der Waals surface area contributed by atoms with E-state index in [2.05, 4.69) is 103 Å². The zero-order chi connectivity index (χ0) is 20.6. The first kappa shape index (κ1) is 18.3. The molecule has 0 N–H and O–H groups in total. The van der Waals surface area contributed by atoms with Gasteiger partial charge in [0.05, 0.1) is 11.4 Å². The molecule has 144 valence electrons. The molecule has 1 aliphatic heterocycles. The Labute approximate surface area is 178 Å². The third-order valence-corrected chi connectivity index (χ3v) is 5.89. The van der Waals surface area contributed by atoms with Gasteiger partial charge in [0.2, 0.25) is 0 Å². The van der Waals surface area contributed by atoms with E-state index in [9.17, 15) is 0 Å². The van der Waals surface area contributed by atoms with E-state index in [1.54, 1.807) is 0 Å². The first-order valence-electron chi connectivity index (χ1n) is 10.3. The van der Waals surface area contributed by atoms with Gasteiger partial charge in [-0.3, -0.25) is 0 Å². The van der Waals surface area contributed by atoms with Gasteiger partial charge in [-0.1, -0.05) is 80.3 Å². The molecule has 5 rings (SSSR count). The molecule has 4 aromatic carbocycles. The van der Waals surface area contributed by atoms with Gasteiger partial charge in [-0.15, -0.1) is 0 Å². The molecule has 0 aliphatic carbocycles. The normalized spacial score (nSPS) is 13.6. The van der Waals surface area contributed by atoms with Gasteiger partial charge in [-0.25, -0.2) is 0 Å². The van der Waals surface area contributed by atoms with Gasteiger partial charge in [0.25, 0.3) is 0 Å². The van der Waals surface area contributed by atoms with Gasteiger partial charge in [0.1, 0.15) is 0 Å². The molecule has 0 unspecified atom stereocenters. The molecular formula is C29H23N. The van der Waals surface area contributed by atoms with E-state index in [4.69, 9.17) is 0 Å². The van der Waals surface area contributed by atoms with E-state index in [0.29, 0.717) is 0 Å². The first-order valence-corrected chi connectivity index (χ1v) is 10.3. The average Bonchev–Trinajstić information content (AvgIpc) is 2.80. The molecule has 0 spiro atoms. The summed E-state index contributed by atoms with van der Waals surface area (Å²) in [5.74, 6) is 6.51. The molecule has 1 aliphatic rings. The highest BCUT2D eigenvalue weighted by Gasteiger charge is 2.36. The molecule has 0 saturated carbocycles. The van der Waals surface area contributed by atoms with Crippen molar-refractivity contribution < 1.29 is 0 Å². The molecule has 0 atom stereocenters. The lowest BCUT2D eigenvalue weighted by atomic mass is 9.73. The Kier molecular flexibility index (Phi) is 4.42. The predicted octanol–water partition coefficient (Wildman–Crippen LogP) is 7.20. The Bertz CT molecular complexity index is 1210. The fourth-order valence-electron chi connectivity index (χ4n) is 4.31. The Morgan fingerprint density at radius 1 is 0.533 bits per heavy atom. The zero-order valence-electron chi connectivity index (χ0n) is 17.3. The van der Waals surface area contributed by atoms with Crippen LogP contribution in [-0.4, -0.2) is 0 Å². The number of rotatable bonds is 1. The summed E-state index contributed by atoms with van der Waals surface area (Å²) in [7, 11) is 0. The minimum atomic E-state index is -0.0369. The Morgan fingerprint density at radius 2 is 1.00 bits per heavy atom. The number of anilines is 3. The molecule has 30 heavy (non-hydrogen) atoms. The van der Waals surface area contributed by atoms with Crippen LogP contribution >= 0.6 is 0 Å². The maximum atomic E-state index is 3.27. The maximum absolute atomic E-state index is 3.27. The second-order valence-corrected chi connectivity index (χ2v) is 8.16. The molecule has 1 heteroatoms. The van der Waals surface area contributed by atoms with Gasteiger partial charge < -0.3 is 4.90 Å². The minimum absolute atomic E-state index is 0.0369. The van der Waals surface area contributed by atoms with E-state index in [-0.39, 0.29) is 5.41 Å². The number of benzene rings is 4. The molecule has 0 saturated heterocycles. The van der Waals surface area contributed by atoms with Crippen LogP contribution in [0, 0.1) is 11.8 Å². The standard InChI is InChI=1S/C29H23N/c1-29(2)25-12-6-8-14-27(25)30(28-15-9-7-13-26(28)29)24-20-18-23(19-21-24)17-16-22-10-4-3-5-11-22/h3-15,18-21H,1-2H3. The van der Waals surface area contributed by atoms with Crippen LogP contribution in [0.5, 0.6) is 0 Å². The summed E-state index contributed by atoms with van der Waals surface area (Å²) in [5.41, 5.74) is 8.33. The van der Waals surface area contributed by atoms with E-state index in [1.807, 2.05) is 30.3 Å². The van der Waals surface area contributed by atoms with Crippen molar-refractivity contribution in [1.82, 2.24) is 0 Å². The van der Waals surface area contributed by atoms with Crippen LogP contribution in [-0.2, 0) is 5.41 Å².